The zero-order valence-electron chi connectivity index (χ0n) is 15.6. The van der Waals surface area contributed by atoms with Gasteiger partial charge in [-0.2, -0.15) is 0 Å². The molecule has 0 aliphatic carbocycles. The molecule has 5 heteroatoms. The fourth-order valence-corrected chi connectivity index (χ4v) is 3.64. The third kappa shape index (κ3) is 3.67. The lowest BCUT2D eigenvalue weighted by atomic mass is 9.92. The molecule has 3 N–H and O–H groups in total. The van der Waals surface area contributed by atoms with E-state index < -0.39 is 23.7 Å². The smallest absolute Gasteiger partial charge is 0.254 e. The summed E-state index contributed by atoms with van der Waals surface area (Å²) in [5.41, 5.74) is 6.38. The summed E-state index contributed by atoms with van der Waals surface area (Å²) < 4.78 is 14.0. The van der Waals surface area contributed by atoms with E-state index in [9.17, 15) is 14.0 Å². The largest absolute Gasteiger partial charge is 0.368 e. The van der Waals surface area contributed by atoms with E-state index >= 15 is 0 Å². The lowest BCUT2D eigenvalue weighted by Gasteiger charge is -2.19. The molecule has 0 radical (unpaired) electrons. The molecule has 0 aliphatic rings. The minimum absolute atomic E-state index is 0.124. The summed E-state index contributed by atoms with van der Waals surface area (Å²) >= 11 is 0. The van der Waals surface area contributed by atoms with Crippen LogP contribution in [0.1, 0.15) is 15.9 Å². The summed E-state index contributed by atoms with van der Waals surface area (Å²) in [5.74, 6) is -1.99. The van der Waals surface area contributed by atoms with Crippen LogP contribution in [0.15, 0.2) is 78.9 Å². The number of nitrogens with one attached hydrogen (secondary N) is 1. The van der Waals surface area contributed by atoms with Gasteiger partial charge in [-0.1, -0.05) is 60.7 Å². The summed E-state index contributed by atoms with van der Waals surface area (Å²) in [4.78, 5) is 24.7. The van der Waals surface area contributed by atoms with Crippen LogP contribution in [0.3, 0.4) is 0 Å². The molecule has 0 aromatic heterocycles. The van der Waals surface area contributed by atoms with Gasteiger partial charge in [0.15, 0.2) is 0 Å². The molecule has 0 aliphatic heterocycles. The van der Waals surface area contributed by atoms with Crippen LogP contribution in [0, 0.1) is 5.82 Å². The number of fused-ring (bicyclic) bond motifs is 2. The maximum Gasteiger partial charge on any atom is 0.254 e. The van der Waals surface area contributed by atoms with Crippen molar-refractivity contribution in [1.29, 1.82) is 0 Å². The molecule has 29 heavy (non-hydrogen) atoms. The first-order chi connectivity index (χ1) is 14.0. The van der Waals surface area contributed by atoms with Crippen molar-refractivity contribution in [1.82, 2.24) is 5.32 Å². The molecule has 4 nitrogen and oxygen atoms in total. The summed E-state index contributed by atoms with van der Waals surface area (Å²) in [5, 5.41) is 6.63. The Kier molecular flexibility index (Phi) is 4.96. The van der Waals surface area contributed by atoms with Gasteiger partial charge in [0.05, 0.1) is 5.56 Å². The Morgan fingerprint density at radius 2 is 1.41 bits per heavy atom. The molecule has 0 bridgehead atoms. The van der Waals surface area contributed by atoms with Crippen molar-refractivity contribution in [2.24, 2.45) is 5.73 Å². The number of carbonyl (C=O) groups excluding carboxylic acids is 2. The van der Waals surface area contributed by atoms with Crippen molar-refractivity contribution in [3.63, 3.8) is 0 Å². The van der Waals surface area contributed by atoms with E-state index in [1.165, 1.54) is 18.2 Å². The summed E-state index contributed by atoms with van der Waals surface area (Å²) in [6, 6.07) is 22.5. The SMILES string of the molecule is NC(=O)[C@@H](Cc1c2ccccc2cc2ccccc12)NC(=O)c1ccccc1F. The van der Waals surface area contributed by atoms with Gasteiger partial charge < -0.3 is 11.1 Å². The predicted octanol–water partition coefficient (Wildman–Crippen LogP) is 3.96. The zero-order valence-corrected chi connectivity index (χ0v) is 15.6. The summed E-state index contributed by atoms with van der Waals surface area (Å²) in [7, 11) is 0. The second-order valence-corrected chi connectivity index (χ2v) is 6.91. The normalized spacial score (nSPS) is 12.0. The Hall–Kier alpha value is -3.73. The molecule has 0 unspecified atom stereocenters. The minimum Gasteiger partial charge on any atom is -0.368 e. The molecular formula is C24H19FN2O2. The summed E-state index contributed by atoms with van der Waals surface area (Å²) in [6.07, 6.45) is 0.206. The van der Waals surface area contributed by atoms with E-state index in [1.54, 1.807) is 6.07 Å². The fraction of sp³-hybridized carbons (Fsp3) is 0.0833. The average Bonchev–Trinajstić information content (AvgIpc) is 2.73. The van der Waals surface area contributed by atoms with Gasteiger partial charge in [0, 0.05) is 6.42 Å². The highest BCUT2D eigenvalue weighted by atomic mass is 19.1. The standard InChI is InChI=1S/C24H19FN2O2/c25-21-12-6-5-11-19(21)24(29)27-22(23(26)28)14-20-17-9-3-1-7-15(17)13-16-8-2-4-10-18(16)20/h1-13,22H,14H2,(H2,26,28)(H,27,29)/t22-/m1/s1. The van der Waals surface area contributed by atoms with Crippen molar-refractivity contribution >= 4 is 33.4 Å². The van der Waals surface area contributed by atoms with Crippen molar-refractivity contribution in [2.75, 3.05) is 0 Å². The predicted molar refractivity (Wildman–Crippen MR) is 112 cm³/mol. The highest BCUT2D eigenvalue weighted by Gasteiger charge is 2.23. The monoisotopic (exact) mass is 386 g/mol. The molecule has 0 fully saturated rings. The van der Waals surface area contributed by atoms with E-state index in [0.29, 0.717) is 0 Å². The molecule has 4 aromatic rings. The molecule has 1 atom stereocenters. The first kappa shape index (κ1) is 18.6. The van der Waals surface area contributed by atoms with Gasteiger partial charge in [-0.05, 0) is 45.3 Å². The van der Waals surface area contributed by atoms with Crippen LogP contribution < -0.4 is 11.1 Å². The highest BCUT2D eigenvalue weighted by Crippen LogP contribution is 2.29. The number of benzene rings is 4. The Morgan fingerprint density at radius 1 is 0.862 bits per heavy atom. The first-order valence-electron chi connectivity index (χ1n) is 9.28. The molecular weight excluding hydrogens is 367 g/mol. The fourth-order valence-electron chi connectivity index (χ4n) is 3.64. The van der Waals surface area contributed by atoms with Crippen LogP contribution in [0.5, 0.6) is 0 Å². The lowest BCUT2D eigenvalue weighted by molar-refractivity contribution is -0.119. The Bertz CT molecular complexity index is 1180. The number of amides is 2. The second kappa shape index (κ2) is 7.72. The molecule has 0 spiro atoms. The molecule has 2 amide bonds. The van der Waals surface area contributed by atoms with Crippen molar-refractivity contribution in [3.05, 3.63) is 95.8 Å². The highest BCUT2D eigenvalue weighted by molar-refractivity contribution is 6.03. The number of primary amides is 1. The molecule has 4 rings (SSSR count). The molecule has 0 saturated heterocycles. The average molecular weight is 386 g/mol. The molecule has 4 aromatic carbocycles. The number of carbonyl (C=O) groups is 2. The first-order valence-corrected chi connectivity index (χ1v) is 9.28. The van der Waals surface area contributed by atoms with E-state index in [-0.39, 0.29) is 12.0 Å². The van der Waals surface area contributed by atoms with Crippen LogP contribution in [0.2, 0.25) is 0 Å². The van der Waals surface area contributed by atoms with E-state index in [4.69, 9.17) is 5.73 Å². The quantitative estimate of drug-likeness (QED) is 0.510. The van der Waals surface area contributed by atoms with Crippen LogP contribution in [0.4, 0.5) is 4.39 Å². The van der Waals surface area contributed by atoms with Crippen LogP contribution in [0.25, 0.3) is 21.5 Å². The van der Waals surface area contributed by atoms with E-state index in [0.717, 1.165) is 27.1 Å². The Labute approximate surface area is 167 Å². The van der Waals surface area contributed by atoms with Gasteiger partial charge in [-0.25, -0.2) is 4.39 Å². The van der Waals surface area contributed by atoms with Crippen molar-refractivity contribution in [3.8, 4) is 0 Å². The summed E-state index contributed by atoms with van der Waals surface area (Å²) in [6.45, 7) is 0. The van der Waals surface area contributed by atoms with Crippen molar-refractivity contribution < 1.29 is 14.0 Å². The third-order valence-corrected chi connectivity index (χ3v) is 5.06. The number of nitrogens with two attached hydrogens (primary N) is 1. The van der Waals surface area contributed by atoms with Gasteiger partial charge in [0.25, 0.3) is 5.91 Å². The van der Waals surface area contributed by atoms with Crippen LogP contribution >= 0.6 is 0 Å². The molecule has 144 valence electrons. The van der Waals surface area contributed by atoms with Gasteiger partial charge >= 0.3 is 0 Å². The zero-order chi connectivity index (χ0) is 20.4. The topological polar surface area (TPSA) is 72.2 Å². The van der Waals surface area contributed by atoms with Gasteiger partial charge in [0.2, 0.25) is 5.91 Å². The second-order valence-electron chi connectivity index (χ2n) is 6.91. The van der Waals surface area contributed by atoms with E-state index in [1.807, 2.05) is 48.5 Å². The Balaban J connectivity index is 1.75. The third-order valence-electron chi connectivity index (χ3n) is 5.06. The lowest BCUT2D eigenvalue weighted by Crippen LogP contribution is -2.46. The molecule has 0 saturated carbocycles. The van der Waals surface area contributed by atoms with Crippen LogP contribution in [-0.2, 0) is 11.2 Å². The van der Waals surface area contributed by atoms with Crippen molar-refractivity contribution in [2.45, 2.75) is 12.5 Å². The van der Waals surface area contributed by atoms with Crippen LogP contribution in [-0.4, -0.2) is 17.9 Å². The van der Waals surface area contributed by atoms with Gasteiger partial charge in [-0.3, -0.25) is 9.59 Å². The molecule has 0 heterocycles. The van der Waals surface area contributed by atoms with Gasteiger partial charge in [0.1, 0.15) is 11.9 Å². The number of rotatable bonds is 5. The maximum absolute atomic E-state index is 14.0. The Morgan fingerprint density at radius 3 is 2.00 bits per heavy atom. The van der Waals surface area contributed by atoms with E-state index in [2.05, 4.69) is 11.4 Å². The maximum atomic E-state index is 14.0. The van der Waals surface area contributed by atoms with Gasteiger partial charge in [-0.15, -0.1) is 0 Å². The number of halogens is 1. The number of hydrogen-bond donors (Lipinski definition) is 2. The number of hydrogen-bond acceptors (Lipinski definition) is 2. The minimum atomic E-state index is -0.976.